The van der Waals surface area contributed by atoms with Crippen LogP contribution in [0.15, 0.2) is 35.8 Å². The maximum absolute atomic E-state index is 4.41. The molecule has 0 bridgehead atoms. The Balaban J connectivity index is 1.85. The smallest absolute Gasteiger partial charge is 0.191 e. The average molecular weight is 302 g/mol. The zero-order valence-electron chi connectivity index (χ0n) is 13.9. The number of nitrogens with zero attached hydrogens (tertiary/aromatic N) is 4. The first-order valence-corrected chi connectivity index (χ1v) is 7.64. The Hall–Kier alpha value is -2.24. The molecule has 6 heteroatoms. The molecule has 0 aliphatic carbocycles. The molecule has 22 heavy (non-hydrogen) atoms. The van der Waals surface area contributed by atoms with E-state index >= 15 is 0 Å². The lowest BCUT2D eigenvalue weighted by molar-refractivity contribution is 0.503. The van der Waals surface area contributed by atoms with Crippen molar-refractivity contribution in [3.63, 3.8) is 0 Å². The Kier molecular flexibility index (Phi) is 5.63. The van der Waals surface area contributed by atoms with Gasteiger partial charge in [0.2, 0.25) is 0 Å². The van der Waals surface area contributed by atoms with Gasteiger partial charge in [-0.05, 0) is 17.5 Å². The number of imidazole rings is 1. The molecule has 2 heterocycles. The first-order valence-electron chi connectivity index (χ1n) is 7.64. The molecule has 0 unspecified atom stereocenters. The monoisotopic (exact) mass is 302 g/mol. The number of hydrogen-bond acceptors (Lipinski definition) is 2. The van der Waals surface area contributed by atoms with Crippen LogP contribution in [-0.2, 0) is 26.7 Å². The third-order valence-electron chi connectivity index (χ3n) is 3.35. The van der Waals surface area contributed by atoms with E-state index in [-0.39, 0.29) is 0 Å². The standard InChI is InChI=1S/C16H26N6/c1-13(2)11-22-8-6-18-15(22)10-20-16(17-3)19-9-14-5-7-21(4)12-14/h5-8,12-13H,9-11H2,1-4H3,(H2,17,19,20). The molecule has 0 aliphatic rings. The molecule has 2 N–H and O–H groups in total. The van der Waals surface area contributed by atoms with Gasteiger partial charge in [-0.2, -0.15) is 0 Å². The lowest BCUT2D eigenvalue weighted by atomic mass is 10.2. The summed E-state index contributed by atoms with van der Waals surface area (Å²) in [6.45, 7) is 6.80. The molecular weight excluding hydrogens is 276 g/mol. The second-order valence-corrected chi connectivity index (χ2v) is 5.85. The van der Waals surface area contributed by atoms with Crippen LogP contribution in [0.3, 0.4) is 0 Å². The molecule has 6 nitrogen and oxygen atoms in total. The Bertz CT molecular complexity index is 608. The molecule has 2 aromatic heterocycles. The molecular formula is C16H26N6. The highest BCUT2D eigenvalue weighted by atomic mass is 15.2. The van der Waals surface area contributed by atoms with Crippen molar-refractivity contribution in [1.29, 1.82) is 0 Å². The minimum absolute atomic E-state index is 0.600. The maximum atomic E-state index is 4.41. The van der Waals surface area contributed by atoms with Gasteiger partial charge in [0.1, 0.15) is 5.82 Å². The second kappa shape index (κ2) is 7.68. The Morgan fingerprint density at radius 1 is 1.27 bits per heavy atom. The maximum Gasteiger partial charge on any atom is 0.191 e. The molecule has 2 aromatic rings. The van der Waals surface area contributed by atoms with E-state index in [0.29, 0.717) is 12.5 Å². The van der Waals surface area contributed by atoms with Gasteiger partial charge in [0.25, 0.3) is 0 Å². The normalized spacial score (nSPS) is 12.0. The summed E-state index contributed by atoms with van der Waals surface area (Å²) in [5, 5.41) is 6.62. The Labute approximate surface area is 132 Å². The van der Waals surface area contributed by atoms with Crippen LogP contribution >= 0.6 is 0 Å². The van der Waals surface area contributed by atoms with Gasteiger partial charge < -0.3 is 19.8 Å². The van der Waals surface area contributed by atoms with Crippen molar-refractivity contribution < 1.29 is 0 Å². The molecule has 0 aliphatic heterocycles. The zero-order chi connectivity index (χ0) is 15.9. The van der Waals surface area contributed by atoms with Gasteiger partial charge in [0.05, 0.1) is 6.54 Å². The number of aliphatic imine (C=N–C) groups is 1. The Morgan fingerprint density at radius 3 is 2.68 bits per heavy atom. The van der Waals surface area contributed by atoms with Crippen molar-refractivity contribution in [1.82, 2.24) is 24.8 Å². The number of rotatable bonds is 6. The van der Waals surface area contributed by atoms with E-state index < -0.39 is 0 Å². The molecule has 0 saturated heterocycles. The van der Waals surface area contributed by atoms with Crippen molar-refractivity contribution in [2.45, 2.75) is 33.5 Å². The van der Waals surface area contributed by atoms with Crippen molar-refractivity contribution in [3.05, 3.63) is 42.2 Å². The van der Waals surface area contributed by atoms with Crippen LogP contribution in [0.2, 0.25) is 0 Å². The van der Waals surface area contributed by atoms with E-state index in [1.54, 1.807) is 7.05 Å². The van der Waals surface area contributed by atoms with Crippen molar-refractivity contribution in [2.24, 2.45) is 18.0 Å². The third kappa shape index (κ3) is 4.65. The van der Waals surface area contributed by atoms with Crippen molar-refractivity contribution in [3.8, 4) is 0 Å². The summed E-state index contributed by atoms with van der Waals surface area (Å²) in [6.07, 6.45) is 8.00. The Morgan fingerprint density at radius 2 is 2.05 bits per heavy atom. The quantitative estimate of drug-likeness (QED) is 0.631. The highest BCUT2D eigenvalue weighted by Gasteiger charge is 2.06. The molecule has 0 radical (unpaired) electrons. The summed E-state index contributed by atoms with van der Waals surface area (Å²) in [7, 11) is 3.80. The average Bonchev–Trinajstić information content (AvgIpc) is 3.08. The van der Waals surface area contributed by atoms with Crippen LogP contribution in [0.25, 0.3) is 0 Å². The molecule has 0 aromatic carbocycles. The topological polar surface area (TPSA) is 59.2 Å². The van der Waals surface area contributed by atoms with Crippen molar-refractivity contribution >= 4 is 5.96 Å². The molecule has 2 rings (SSSR count). The highest BCUT2D eigenvalue weighted by Crippen LogP contribution is 2.03. The lowest BCUT2D eigenvalue weighted by Gasteiger charge is -2.13. The zero-order valence-corrected chi connectivity index (χ0v) is 13.9. The van der Waals surface area contributed by atoms with Crippen LogP contribution in [0.4, 0.5) is 0 Å². The first kappa shape index (κ1) is 16.1. The third-order valence-corrected chi connectivity index (χ3v) is 3.35. The van der Waals surface area contributed by atoms with Gasteiger partial charge in [-0.1, -0.05) is 13.8 Å². The largest absolute Gasteiger partial charge is 0.357 e. The van der Waals surface area contributed by atoms with Crippen LogP contribution in [-0.4, -0.2) is 27.1 Å². The van der Waals surface area contributed by atoms with Gasteiger partial charge >= 0.3 is 0 Å². The fourth-order valence-corrected chi connectivity index (χ4v) is 2.30. The van der Waals surface area contributed by atoms with Crippen LogP contribution in [0.1, 0.15) is 25.2 Å². The second-order valence-electron chi connectivity index (χ2n) is 5.85. The molecule has 0 atom stereocenters. The number of hydrogen-bond donors (Lipinski definition) is 2. The summed E-state index contributed by atoms with van der Waals surface area (Å²) in [4.78, 5) is 8.66. The number of aromatic nitrogens is 3. The number of guanidine groups is 1. The SMILES string of the molecule is CN=C(NCc1ccn(C)c1)NCc1nccn1CC(C)C. The summed E-state index contributed by atoms with van der Waals surface area (Å²) in [6, 6.07) is 2.09. The number of nitrogens with one attached hydrogen (secondary N) is 2. The van der Waals surface area contributed by atoms with E-state index in [0.717, 1.165) is 24.9 Å². The molecule has 0 saturated carbocycles. The van der Waals surface area contributed by atoms with E-state index in [4.69, 9.17) is 0 Å². The van der Waals surface area contributed by atoms with Crippen LogP contribution < -0.4 is 10.6 Å². The fourth-order valence-electron chi connectivity index (χ4n) is 2.30. The van der Waals surface area contributed by atoms with Crippen molar-refractivity contribution in [2.75, 3.05) is 7.05 Å². The highest BCUT2D eigenvalue weighted by molar-refractivity contribution is 5.79. The predicted octanol–water partition coefficient (Wildman–Crippen LogP) is 1.74. The van der Waals surface area contributed by atoms with Crippen LogP contribution in [0.5, 0.6) is 0 Å². The summed E-state index contributed by atoms with van der Waals surface area (Å²) in [5.74, 6) is 2.41. The molecule has 0 spiro atoms. The number of aryl methyl sites for hydroxylation is 1. The summed E-state index contributed by atoms with van der Waals surface area (Å²) < 4.78 is 4.22. The van der Waals surface area contributed by atoms with Gasteiger partial charge in [0, 0.05) is 52.0 Å². The van der Waals surface area contributed by atoms with Gasteiger partial charge in [-0.3, -0.25) is 4.99 Å². The van der Waals surface area contributed by atoms with Gasteiger partial charge in [0.15, 0.2) is 5.96 Å². The van der Waals surface area contributed by atoms with E-state index in [1.807, 2.05) is 30.2 Å². The minimum atomic E-state index is 0.600. The molecule has 0 fully saturated rings. The molecule has 0 amide bonds. The first-order chi connectivity index (χ1) is 10.6. The lowest BCUT2D eigenvalue weighted by Crippen LogP contribution is -2.37. The predicted molar refractivity (Wildman–Crippen MR) is 89.5 cm³/mol. The summed E-state index contributed by atoms with van der Waals surface area (Å²) >= 11 is 0. The van der Waals surface area contributed by atoms with E-state index in [1.165, 1.54) is 5.56 Å². The summed E-state index contributed by atoms with van der Waals surface area (Å²) in [5.41, 5.74) is 1.23. The van der Waals surface area contributed by atoms with Gasteiger partial charge in [-0.25, -0.2) is 4.98 Å². The van der Waals surface area contributed by atoms with Crippen LogP contribution in [0, 0.1) is 5.92 Å². The van der Waals surface area contributed by atoms with Gasteiger partial charge in [-0.15, -0.1) is 0 Å². The molecule has 120 valence electrons. The minimum Gasteiger partial charge on any atom is -0.357 e. The van der Waals surface area contributed by atoms with E-state index in [9.17, 15) is 0 Å². The fraction of sp³-hybridized carbons (Fsp3) is 0.500. The van der Waals surface area contributed by atoms with E-state index in [2.05, 4.69) is 51.3 Å².